The third kappa shape index (κ3) is 5.63. The van der Waals surface area contributed by atoms with Gasteiger partial charge < -0.3 is 5.11 Å². The lowest BCUT2D eigenvalue weighted by Crippen LogP contribution is -2.19. The van der Waals surface area contributed by atoms with Crippen molar-refractivity contribution in [3.63, 3.8) is 0 Å². The van der Waals surface area contributed by atoms with Crippen molar-refractivity contribution in [3.05, 3.63) is 12.2 Å². The molecule has 1 aliphatic heterocycles. The summed E-state index contributed by atoms with van der Waals surface area (Å²) in [5.41, 5.74) is 0. The Labute approximate surface area is 69.7 Å². The summed E-state index contributed by atoms with van der Waals surface area (Å²) in [6.07, 6.45) is 2.39. The maximum absolute atomic E-state index is 10.0. The molecule has 2 amide bonds. The van der Waals surface area contributed by atoms with E-state index in [2.05, 4.69) is 12.6 Å². The Morgan fingerprint density at radius 1 is 1.36 bits per heavy atom. The van der Waals surface area contributed by atoms with Crippen molar-refractivity contribution >= 4 is 24.4 Å². The fraction of sp³-hybridized carbons (Fsp3) is 0.333. The van der Waals surface area contributed by atoms with Crippen LogP contribution in [0.3, 0.4) is 0 Å². The Morgan fingerprint density at radius 3 is 1.82 bits per heavy atom. The molecule has 0 aromatic carbocycles. The van der Waals surface area contributed by atoms with Crippen LogP contribution >= 0.6 is 12.6 Å². The molecular formula is C6H9NO3S. The Kier molecular flexibility index (Phi) is 5.50. The molecule has 2 N–H and O–H groups in total. The lowest BCUT2D eigenvalue weighted by atomic mass is 10.6. The number of carbonyl (C=O) groups excluding carboxylic acids is 2. The van der Waals surface area contributed by atoms with Crippen LogP contribution in [0.4, 0.5) is 0 Å². The van der Waals surface area contributed by atoms with Crippen LogP contribution in [0.25, 0.3) is 0 Å². The van der Waals surface area contributed by atoms with Gasteiger partial charge in [-0.2, -0.15) is 12.6 Å². The van der Waals surface area contributed by atoms with E-state index in [0.717, 1.165) is 0 Å². The number of hydrogen-bond acceptors (Lipinski definition) is 4. The molecule has 1 aliphatic rings. The first-order valence-corrected chi connectivity index (χ1v) is 3.58. The average molecular weight is 175 g/mol. The van der Waals surface area contributed by atoms with E-state index in [4.69, 9.17) is 5.11 Å². The zero-order chi connectivity index (χ0) is 8.69. The molecule has 0 fully saturated rings. The number of hydrogen-bond donors (Lipinski definition) is 3. The van der Waals surface area contributed by atoms with Crippen molar-refractivity contribution < 1.29 is 14.7 Å². The molecule has 5 heteroatoms. The predicted octanol–water partition coefficient (Wildman–Crippen LogP) is -0.893. The molecule has 0 radical (unpaired) electrons. The molecule has 0 aromatic heterocycles. The van der Waals surface area contributed by atoms with Gasteiger partial charge >= 0.3 is 0 Å². The quantitative estimate of drug-likeness (QED) is 0.358. The van der Waals surface area contributed by atoms with Crippen LogP contribution in [-0.2, 0) is 9.59 Å². The van der Waals surface area contributed by atoms with Crippen molar-refractivity contribution in [1.29, 1.82) is 0 Å². The maximum Gasteiger partial charge on any atom is 0.250 e. The van der Waals surface area contributed by atoms with Crippen LogP contribution in [0, 0.1) is 0 Å². The summed E-state index contributed by atoms with van der Waals surface area (Å²) in [7, 11) is 0. The van der Waals surface area contributed by atoms with E-state index >= 15 is 0 Å². The summed E-state index contributed by atoms with van der Waals surface area (Å²) < 4.78 is 0. The normalized spacial score (nSPS) is 14.0. The summed E-state index contributed by atoms with van der Waals surface area (Å²) in [5.74, 6) is -0.0880. The van der Waals surface area contributed by atoms with E-state index in [-0.39, 0.29) is 18.4 Å². The van der Waals surface area contributed by atoms with E-state index < -0.39 is 0 Å². The summed E-state index contributed by atoms with van der Waals surface area (Å²) >= 11 is 3.67. The van der Waals surface area contributed by atoms with Gasteiger partial charge in [0.15, 0.2) is 0 Å². The molecular weight excluding hydrogens is 166 g/mol. The Balaban J connectivity index is 0.000000218. The number of aliphatic hydroxyl groups is 1. The first-order valence-electron chi connectivity index (χ1n) is 2.95. The Bertz CT molecular complexity index is 161. The second kappa shape index (κ2) is 5.94. The highest BCUT2D eigenvalue weighted by atomic mass is 32.1. The number of nitrogens with one attached hydrogen (secondary N) is 1. The van der Waals surface area contributed by atoms with Crippen molar-refractivity contribution in [2.24, 2.45) is 0 Å². The Hall–Kier alpha value is -0.810. The van der Waals surface area contributed by atoms with Gasteiger partial charge in [-0.1, -0.05) is 0 Å². The van der Waals surface area contributed by atoms with Gasteiger partial charge in [0.2, 0.25) is 0 Å². The average Bonchev–Trinajstić information content (AvgIpc) is 2.35. The van der Waals surface area contributed by atoms with E-state index in [1.165, 1.54) is 12.2 Å². The predicted molar refractivity (Wildman–Crippen MR) is 43.2 cm³/mol. The lowest BCUT2D eigenvalue weighted by Gasteiger charge is -1.80. The molecule has 0 saturated carbocycles. The van der Waals surface area contributed by atoms with E-state index in [0.29, 0.717) is 5.75 Å². The van der Waals surface area contributed by atoms with Crippen LogP contribution in [0.1, 0.15) is 0 Å². The molecule has 1 rings (SSSR count). The standard InChI is InChI=1S/C4H3NO2.C2H6OS/c6-3-1-2-4(7)5-3;3-1-2-4/h1-2H,(H,5,6,7);3-4H,1-2H2. The molecule has 0 unspecified atom stereocenters. The van der Waals surface area contributed by atoms with Crippen LogP contribution in [-0.4, -0.2) is 29.3 Å². The van der Waals surface area contributed by atoms with Gasteiger partial charge in [-0.25, -0.2) is 0 Å². The molecule has 0 saturated heterocycles. The second-order valence-electron chi connectivity index (χ2n) is 1.63. The molecule has 4 nitrogen and oxygen atoms in total. The fourth-order valence-electron chi connectivity index (χ4n) is 0.356. The largest absolute Gasteiger partial charge is 0.396 e. The highest BCUT2D eigenvalue weighted by Gasteiger charge is 2.06. The zero-order valence-corrected chi connectivity index (χ0v) is 6.67. The molecule has 11 heavy (non-hydrogen) atoms. The van der Waals surface area contributed by atoms with Gasteiger partial charge in [0.25, 0.3) is 11.8 Å². The van der Waals surface area contributed by atoms with Crippen LogP contribution < -0.4 is 5.32 Å². The lowest BCUT2D eigenvalue weighted by molar-refractivity contribution is -0.123. The van der Waals surface area contributed by atoms with E-state index in [1.54, 1.807) is 0 Å². The van der Waals surface area contributed by atoms with Crippen molar-refractivity contribution in [1.82, 2.24) is 5.32 Å². The van der Waals surface area contributed by atoms with E-state index in [9.17, 15) is 9.59 Å². The summed E-state index contributed by atoms with van der Waals surface area (Å²) in [4.78, 5) is 20.1. The minimum Gasteiger partial charge on any atom is -0.396 e. The van der Waals surface area contributed by atoms with Gasteiger partial charge in [0.05, 0.1) is 6.61 Å². The number of imide groups is 1. The van der Waals surface area contributed by atoms with Crippen LogP contribution in [0.5, 0.6) is 0 Å². The minimum atomic E-state index is -0.329. The number of aliphatic hydroxyl groups excluding tert-OH is 1. The molecule has 62 valence electrons. The number of thiol groups is 1. The first kappa shape index (κ1) is 10.2. The molecule has 1 heterocycles. The summed E-state index contributed by atoms with van der Waals surface area (Å²) in [5, 5.41) is 9.83. The highest BCUT2D eigenvalue weighted by molar-refractivity contribution is 7.80. The van der Waals surface area contributed by atoms with Gasteiger partial charge in [-0.05, 0) is 0 Å². The molecule has 0 aliphatic carbocycles. The molecule has 0 aromatic rings. The van der Waals surface area contributed by atoms with Gasteiger partial charge in [0, 0.05) is 17.9 Å². The van der Waals surface area contributed by atoms with Crippen LogP contribution in [0.2, 0.25) is 0 Å². The number of rotatable bonds is 1. The van der Waals surface area contributed by atoms with Gasteiger partial charge in [-0.3, -0.25) is 14.9 Å². The Morgan fingerprint density at radius 2 is 1.73 bits per heavy atom. The van der Waals surface area contributed by atoms with Crippen molar-refractivity contribution in [2.75, 3.05) is 12.4 Å². The summed E-state index contributed by atoms with van der Waals surface area (Å²) in [6.45, 7) is 0.184. The second-order valence-corrected chi connectivity index (χ2v) is 2.08. The monoisotopic (exact) mass is 175 g/mol. The van der Waals surface area contributed by atoms with Crippen molar-refractivity contribution in [2.45, 2.75) is 0 Å². The third-order valence-electron chi connectivity index (χ3n) is 0.732. The molecule has 0 bridgehead atoms. The van der Waals surface area contributed by atoms with Crippen LogP contribution in [0.15, 0.2) is 12.2 Å². The number of carbonyl (C=O) groups is 2. The van der Waals surface area contributed by atoms with Gasteiger partial charge in [0.1, 0.15) is 0 Å². The topological polar surface area (TPSA) is 66.4 Å². The molecule has 0 atom stereocenters. The molecule has 0 spiro atoms. The SMILES string of the molecule is O=C1C=CC(=O)N1.OCCS. The highest BCUT2D eigenvalue weighted by Crippen LogP contribution is 1.82. The van der Waals surface area contributed by atoms with Gasteiger partial charge in [-0.15, -0.1) is 0 Å². The fourth-order valence-corrected chi connectivity index (χ4v) is 0.356. The number of amides is 2. The third-order valence-corrected chi connectivity index (χ3v) is 0.932. The first-order chi connectivity index (χ1) is 5.20. The summed E-state index contributed by atoms with van der Waals surface area (Å²) in [6, 6.07) is 0. The van der Waals surface area contributed by atoms with E-state index in [1.807, 2.05) is 5.32 Å². The minimum absolute atomic E-state index is 0.184. The maximum atomic E-state index is 10.0. The smallest absolute Gasteiger partial charge is 0.250 e. The van der Waals surface area contributed by atoms with Crippen molar-refractivity contribution in [3.8, 4) is 0 Å². The zero-order valence-electron chi connectivity index (χ0n) is 5.78.